The van der Waals surface area contributed by atoms with Crippen LogP contribution in [-0.2, 0) is 16.0 Å². The minimum absolute atomic E-state index is 0.0146. The number of carbonyl (C=O) groups is 2. The summed E-state index contributed by atoms with van der Waals surface area (Å²) < 4.78 is 7.37. The lowest BCUT2D eigenvalue weighted by Crippen LogP contribution is -2.43. The number of hydrogen-bond acceptors (Lipinski definition) is 5. The van der Waals surface area contributed by atoms with Crippen molar-refractivity contribution in [3.63, 3.8) is 0 Å². The molecule has 132 valence electrons. The summed E-state index contributed by atoms with van der Waals surface area (Å²) >= 11 is 0. The van der Waals surface area contributed by atoms with Gasteiger partial charge in [-0.05, 0) is 30.5 Å². The molecule has 3 rings (SSSR count). The maximum absolute atomic E-state index is 12.4. The van der Waals surface area contributed by atoms with E-state index in [0.717, 1.165) is 24.9 Å². The molecule has 8 heteroatoms. The predicted octanol–water partition coefficient (Wildman–Crippen LogP) is 0.548. The summed E-state index contributed by atoms with van der Waals surface area (Å²) in [6, 6.07) is 7.17. The molecule has 1 aromatic heterocycles. The number of nitrogens with zero attached hydrogens (tertiary/aromatic N) is 4. The van der Waals surface area contributed by atoms with Crippen molar-refractivity contribution in [2.24, 2.45) is 5.73 Å². The summed E-state index contributed by atoms with van der Waals surface area (Å²) in [6.45, 7) is 1.33. The fraction of sp³-hybridized carbons (Fsp3) is 0.412. The van der Waals surface area contributed by atoms with E-state index >= 15 is 0 Å². The first-order valence-corrected chi connectivity index (χ1v) is 8.24. The Kier molecular flexibility index (Phi) is 5.27. The monoisotopic (exact) mass is 343 g/mol. The van der Waals surface area contributed by atoms with E-state index in [0.29, 0.717) is 12.3 Å². The summed E-state index contributed by atoms with van der Waals surface area (Å²) in [5, 5.41) is 4.16. The van der Waals surface area contributed by atoms with E-state index in [4.69, 9.17) is 10.5 Å². The van der Waals surface area contributed by atoms with Crippen LogP contribution in [0.25, 0.3) is 0 Å². The summed E-state index contributed by atoms with van der Waals surface area (Å²) in [5.41, 5.74) is 5.98. The van der Waals surface area contributed by atoms with Crippen LogP contribution >= 0.6 is 0 Å². The smallest absolute Gasteiger partial charge is 0.260 e. The Hall–Kier alpha value is -2.90. The second kappa shape index (κ2) is 7.78. The minimum atomic E-state index is -0.379. The van der Waals surface area contributed by atoms with E-state index in [9.17, 15) is 9.59 Å². The maximum Gasteiger partial charge on any atom is 0.260 e. The van der Waals surface area contributed by atoms with Gasteiger partial charge in [-0.3, -0.25) is 9.59 Å². The van der Waals surface area contributed by atoms with Crippen LogP contribution in [0.3, 0.4) is 0 Å². The summed E-state index contributed by atoms with van der Waals surface area (Å²) in [6.07, 6.45) is 5.29. The van der Waals surface area contributed by atoms with E-state index in [-0.39, 0.29) is 30.9 Å². The highest BCUT2D eigenvalue weighted by molar-refractivity contribution is 5.78. The van der Waals surface area contributed by atoms with Crippen molar-refractivity contribution in [2.45, 2.75) is 25.3 Å². The molecule has 1 aliphatic rings. The Labute approximate surface area is 145 Å². The molecule has 0 spiro atoms. The predicted molar refractivity (Wildman–Crippen MR) is 89.7 cm³/mol. The van der Waals surface area contributed by atoms with Crippen molar-refractivity contribution in [3.8, 4) is 5.75 Å². The highest BCUT2D eigenvalue weighted by Crippen LogP contribution is 2.20. The lowest BCUT2D eigenvalue weighted by molar-refractivity contribution is -0.135. The number of rotatable bonds is 6. The molecule has 0 aliphatic carbocycles. The third kappa shape index (κ3) is 4.56. The molecule has 8 nitrogen and oxygen atoms in total. The zero-order chi connectivity index (χ0) is 17.6. The van der Waals surface area contributed by atoms with Gasteiger partial charge in [-0.1, -0.05) is 12.1 Å². The summed E-state index contributed by atoms with van der Waals surface area (Å²) in [5.74, 6) is 0.160. The summed E-state index contributed by atoms with van der Waals surface area (Å²) in [7, 11) is 0. The van der Waals surface area contributed by atoms with Crippen LogP contribution in [0.5, 0.6) is 5.75 Å². The van der Waals surface area contributed by atoms with Crippen molar-refractivity contribution in [1.29, 1.82) is 0 Å². The first-order valence-electron chi connectivity index (χ1n) is 8.24. The molecule has 1 fully saturated rings. The zero-order valence-electron chi connectivity index (χ0n) is 13.9. The van der Waals surface area contributed by atoms with Gasteiger partial charge in [0.05, 0.1) is 12.5 Å². The van der Waals surface area contributed by atoms with Gasteiger partial charge in [0.15, 0.2) is 6.61 Å². The standard InChI is InChI=1S/C17H21N5O3/c18-16(23)8-13-3-5-15(6-4-13)25-10-17(24)21-7-1-2-14(9-21)22-12-19-11-20-22/h3-6,11-12,14H,1-2,7-10H2,(H2,18,23)/t14-/m0/s1. The van der Waals surface area contributed by atoms with Crippen LogP contribution in [0.4, 0.5) is 0 Å². The number of likely N-dealkylation sites (tertiary alicyclic amines) is 1. The molecule has 1 aliphatic heterocycles. The highest BCUT2D eigenvalue weighted by Gasteiger charge is 2.25. The first-order chi connectivity index (χ1) is 12.1. The van der Waals surface area contributed by atoms with Crippen molar-refractivity contribution in [1.82, 2.24) is 19.7 Å². The topological polar surface area (TPSA) is 103 Å². The molecule has 2 aromatic rings. The molecule has 0 saturated carbocycles. The average molecular weight is 343 g/mol. The Balaban J connectivity index is 1.51. The Bertz CT molecular complexity index is 714. The van der Waals surface area contributed by atoms with Gasteiger partial charge in [-0.15, -0.1) is 0 Å². The van der Waals surface area contributed by atoms with Crippen LogP contribution in [-0.4, -0.2) is 51.2 Å². The van der Waals surface area contributed by atoms with Gasteiger partial charge in [0.2, 0.25) is 5.91 Å². The van der Waals surface area contributed by atoms with Gasteiger partial charge < -0.3 is 15.4 Å². The zero-order valence-corrected chi connectivity index (χ0v) is 13.9. The number of hydrogen-bond donors (Lipinski definition) is 1. The number of amides is 2. The van der Waals surface area contributed by atoms with E-state index in [1.54, 1.807) is 40.2 Å². The minimum Gasteiger partial charge on any atom is -0.484 e. The number of primary amides is 1. The average Bonchev–Trinajstić information content (AvgIpc) is 3.15. The Morgan fingerprint density at radius 3 is 2.76 bits per heavy atom. The number of benzene rings is 1. The third-order valence-corrected chi connectivity index (χ3v) is 4.22. The quantitative estimate of drug-likeness (QED) is 0.825. The van der Waals surface area contributed by atoms with Crippen molar-refractivity contribution in [3.05, 3.63) is 42.5 Å². The largest absolute Gasteiger partial charge is 0.484 e. The Morgan fingerprint density at radius 2 is 2.08 bits per heavy atom. The van der Waals surface area contributed by atoms with E-state index in [2.05, 4.69) is 10.1 Å². The molecule has 1 atom stereocenters. The molecule has 0 bridgehead atoms. The van der Waals surface area contributed by atoms with Crippen molar-refractivity contribution < 1.29 is 14.3 Å². The molecule has 2 N–H and O–H groups in total. The van der Waals surface area contributed by atoms with Crippen LogP contribution in [0, 0.1) is 0 Å². The normalized spacial score (nSPS) is 17.3. The lowest BCUT2D eigenvalue weighted by Gasteiger charge is -2.32. The van der Waals surface area contributed by atoms with Crippen LogP contribution in [0.2, 0.25) is 0 Å². The number of ether oxygens (including phenoxy) is 1. The maximum atomic E-state index is 12.4. The number of carbonyl (C=O) groups excluding carboxylic acids is 2. The highest BCUT2D eigenvalue weighted by atomic mass is 16.5. The number of nitrogens with two attached hydrogens (primary N) is 1. The second-order valence-electron chi connectivity index (χ2n) is 6.09. The first kappa shape index (κ1) is 16.9. The molecule has 1 saturated heterocycles. The molecule has 1 aromatic carbocycles. The van der Waals surface area contributed by atoms with Gasteiger partial charge in [0.25, 0.3) is 5.91 Å². The van der Waals surface area contributed by atoms with Crippen molar-refractivity contribution in [2.75, 3.05) is 19.7 Å². The van der Waals surface area contributed by atoms with Gasteiger partial charge >= 0.3 is 0 Å². The molecule has 2 amide bonds. The molecule has 0 radical (unpaired) electrons. The number of piperidine rings is 1. The second-order valence-corrected chi connectivity index (χ2v) is 6.09. The van der Waals surface area contributed by atoms with Gasteiger partial charge in [-0.2, -0.15) is 5.10 Å². The van der Waals surface area contributed by atoms with E-state index in [1.807, 2.05) is 0 Å². The van der Waals surface area contributed by atoms with Gasteiger partial charge in [-0.25, -0.2) is 9.67 Å². The number of aromatic nitrogens is 3. The lowest BCUT2D eigenvalue weighted by atomic mass is 10.1. The molecular formula is C17H21N5O3. The fourth-order valence-electron chi connectivity index (χ4n) is 2.94. The Morgan fingerprint density at radius 1 is 1.28 bits per heavy atom. The van der Waals surface area contributed by atoms with Gasteiger partial charge in [0.1, 0.15) is 18.4 Å². The van der Waals surface area contributed by atoms with Crippen molar-refractivity contribution >= 4 is 11.8 Å². The fourth-order valence-corrected chi connectivity index (χ4v) is 2.94. The van der Waals surface area contributed by atoms with E-state index in [1.165, 1.54) is 6.33 Å². The van der Waals surface area contributed by atoms with Crippen LogP contribution < -0.4 is 10.5 Å². The summed E-state index contributed by atoms with van der Waals surface area (Å²) in [4.78, 5) is 29.0. The molecule has 0 unspecified atom stereocenters. The third-order valence-electron chi connectivity index (χ3n) is 4.22. The van der Waals surface area contributed by atoms with Crippen LogP contribution in [0.1, 0.15) is 24.4 Å². The van der Waals surface area contributed by atoms with E-state index < -0.39 is 0 Å². The molecule has 2 heterocycles. The van der Waals surface area contributed by atoms with Gasteiger partial charge in [0, 0.05) is 13.1 Å². The SMILES string of the molecule is NC(=O)Cc1ccc(OCC(=O)N2CCC[C@H](n3cncn3)C2)cc1. The van der Waals surface area contributed by atoms with Crippen LogP contribution in [0.15, 0.2) is 36.9 Å². The molecule has 25 heavy (non-hydrogen) atoms. The molecular weight excluding hydrogens is 322 g/mol.